The Morgan fingerprint density at radius 2 is 1.80 bits per heavy atom. The Labute approximate surface area is 171 Å². The maximum atomic E-state index is 5.48. The van der Waals surface area contributed by atoms with E-state index in [9.17, 15) is 0 Å². The fourth-order valence-electron chi connectivity index (χ4n) is 2.84. The summed E-state index contributed by atoms with van der Waals surface area (Å²) in [5.41, 5.74) is 0.117. The second kappa shape index (κ2) is 15.0. The van der Waals surface area contributed by atoms with Gasteiger partial charge in [-0.3, -0.25) is 9.89 Å². The summed E-state index contributed by atoms with van der Waals surface area (Å²) >= 11 is 0. The molecule has 0 spiro atoms. The number of nitrogens with one attached hydrogen (secondary N) is 2. The van der Waals surface area contributed by atoms with Crippen molar-refractivity contribution < 1.29 is 9.47 Å². The lowest BCUT2D eigenvalue weighted by atomic mass is 9.99. The molecule has 0 aliphatic carbocycles. The van der Waals surface area contributed by atoms with E-state index in [4.69, 9.17) is 14.5 Å². The van der Waals surface area contributed by atoms with Gasteiger partial charge >= 0.3 is 0 Å². The number of rotatable bonds is 11. The number of aliphatic imine (C=N–C) groups is 1. The smallest absolute Gasteiger partial charge is 0.191 e. The molecule has 1 heterocycles. The fraction of sp³-hybridized carbons (Fsp3) is 0.944. The van der Waals surface area contributed by atoms with Gasteiger partial charge in [-0.2, -0.15) is 0 Å². The fourth-order valence-corrected chi connectivity index (χ4v) is 2.84. The van der Waals surface area contributed by atoms with E-state index < -0.39 is 0 Å². The summed E-state index contributed by atoms with van der Waals surface area (Å²) < 4.78 is 10.4. The van der Waals surface area contributed by atoms with Crippen molar-refractivity contribution in [1.29, 1.82) is 0 Å². The van der Waals surface area contributed by atoms with Gasteiger partial charge in [-0.05, 0) is 53.1 Å². The Morgan fingerprint density at radius 1 is 1.08 bits per heavy atom. The average molecular weight is 470 g/mol. The van der Waals surface area contributed by atoms with E-state index in [-0.39, 0.29) is 29.5 Å². The summed E-state index contributed by atoms with van der Waals surface area (Å²) in [5.74, 6) is 0.902. The molecule has 1 saturated heterocycles. The van der Waals surface area contributed by atoms with E-state index in [1.807, 2.05) is 0 Å². The zero-order valence-electron chi connectivity index (χ0n) is 16.6. The Morgan fingerprint density at radius 3 is 2.44 bits per heavy atom. The number of hydrogen-bond acceptors (Lipinski definition) is 4. The highest BCUT2D eigenvalue weighted by atomic mass is 127. The largest absolute Gasteiger partial charge is 0.382 e. The molecule has 0 saturated carbocycles. The highest BCUT2D eigenvalue weighted by molar-refractivity contribution is 14.0. The van der Waals surface area contributed by atoms with Gasteiger partial charge in [-0.1, -0.05) is 6.42 Å². The van der Waals surface area contributed by atoms with Crippen LogP contribution in [0.4, 0.5) is 0 Å². The van der Waals surface area contributed by atoms with Gasteiger partial charge < -0.3 is 20.1 Å². The Bertz CT molecular complexity index is 348. The third-order valence-electron chi connectivity index (χ3n) is 4.37. The molecular weight excluding hydrogens is 431 g/mol. The van der Waals surface area contributed by atoms with E-state index in [1.54, 1.807) is 7.11 Å². The number of likely N-dealkylation sites (tertiary alicyclic amines) is 1. The molecule has 0 aromatic rings. The number of piperidine rings is 1. The molecular formula is C18H39IN4O2. The van der Waals surface area contributed by atoms with Crippen molar-refractivity contribution in [3.63, 3.8) is 0 Å². The maximum absolute atomic E-state index is 5.48. The Hall–Kier alpha value is -0.120. The molecule has 2 N–H and O–H groups in total. The maximum Gasteiger partial charge on any atom is 0.191 e. The van der Waals surface area contributed by atoms with Gasteiger partial charge in [0.2, 0.25) is 0 Å². The summed E-state index contributed by atoms with van der Waals surface area (Å²) in [5, 5.41) is 6.73. The van der Waals surface area contributed by atoms with Crippen LogP contribution in [0.15, 0.2) is 4.99 Å². The number of guanidine groups is 1. The van der Waals surface area contributed by atoms with Gasteiger partial charge in [0.15, 0.2) is 5.96 Å². The average Bonchev–Trinajstić information content (AvgIpc) is 2.59. The van der Waals surface area contributed by atoms with Gasteiger partial charge in [0.25, 0.3) is 0 Å². The lowest BCUT2D eigenvalue weighted by molar-refractivity contribution is 0.0698. The number of methoxy groups -OCH3 is 1. The minimum Gasteiger partial charge on any atom is -0.382 e. The topological polar surface area (TPSA) is 58.1 Å². The third-order valence-corrected chi connectivity index (χ3v) is 4.37. The first kappa shape index (κ1) is 24.9. The van der Waals surface area contributed by atoms with Gasteiger partial charge in [0, 0.05) is 32.3 Å². The normalized spacial score (nSPS) is 16.4. The zero-order chi connectivity index (χ0) is 17.7. The van der Waals surface area contributed by atoms with Gasteiger partial charge in [-0.15, -0.1) is 24.0 Å². The summed E-state index contributed by atoms with van der Waals surface area (Å²) in [4.78, 5) is 7.38. The van der Waals surface area contributed by atoms with Gasteiger partial charge in [-0.25, -0.2) is 0 Å². The van der Waals surface area contributed by atoms with Crippen LogP contribution >= 0.6 is 24.0 Å². The van der Waals surface area contributed by atoms with E-state index in [2.05, 4.69) is 36.3 Å². The minimum atomic E-state index is 0. The highest BCUT2D eigenvalue weighted by Gasteiger charge is 2.27. The van der Waals surface area contributed by atoms with E-state index >= 15 is 0 Å². The summed E-state index contributed by atoms with van der Waals surface area (Å²) in [6, 6.07) is 0. The van der Waals surface area contributed by atoms with Crippen molar-refractivity contribution in [3.8, 4) is 0 Å². The number of nitrogens with zero attached hydrogens (tertiary/aromatic N) is 2. The van der Waals surface area contributed by atoms with Crippen LogP contribution in [0.5, 0.6) is 0 Å². The minimum absolute atomic E-state index is 0. The van der Waals surface area contributed by atoms with E-state index in [0.717, 1.165) is 38.6 Å². The molecule has 0 aromatic carbocycles. The van der Waals surface area contributed by atoms with Crippen molar-refractivity contribution in [2.24, 2.45) is 4.99 Å². The summed E-state index contributed by atoms with van der Waals surface area (Å²) in [7, 11) is 1.69. The van der Waals surface area contributed by atoms with Gasteiger partial charge in [0.05, 0.1) is 19.8 Å². The molecule has 0 aromatic heterocycles. The molecule has 1 aliphatic rings. The molecule has 1 aliphatic heterocycles. The molecule has 25 heavy (non-hydrogen) atoms. The van der Waals surface area contributed by atoms with E-state index in [1.165, 1.54) is 32.4 Å². The number of hydrogen-bond donors (Lipinski definition) is 2. The van der Waals surface area contributed by atoms with Crippen LogP contribution in [-0.2, 0) is 9.47 Å². The lowest BCUT2D eigenvalue weighted by Gasteiger charge is -2.40. The quantitative estimate of drug-likeness (QED) is 0.210. The highest BCUT2D eigenvalue weighted by Crippen LogP contribution is 2.20. The molecule has 150 valence electrons. The monoisotopic (exact) mass is 470 g/mol. The third kappa shape index (κ3) is 11.2. The molecule has 6 nitrogen and oxygen atoms in total. The molecule has 0 amide bonds. The molecule has 0 unspecified atom stereocenters. The van der Waals surface area contributed by atoms with E-state index in [0.29, 0.717) is 13.2 Å². The molecule has 0 bridgehead atoms. The van der Waals surface area contributed by atoms with Crippen LogP contribution in [-0.4, -0.2) is 76.1 Å². The number of ether oxygens (including phenoxy) is 2. The van der Waals surface area contributed by atoms with Crippen molar-refractivity contribution in [2.45, 2.75) is 52.0 Å². The first-order valence-corrected chi connectivity index (χ1v) is 9.44. The van der Waals surface area contributed by atoms with Crippen LogP contribution in [0, 0.1) is 0 Å². The molecule has 7 heteroatoms. The predicted octanol–water partition coefficient (Wildman–Crippen LogP) is 2.48. The van der Waals surface area contributed by atoms with Crippen molar-refractivity contribution >= 4 is 29.9 Å². The molecule has 0 radical (unpaired) electrons. The van der Waals surface area contributed by atoms with Crippen LogP contribution in [0.1, 0.15) is 46.5 Å². The molecule has 0 atom stereocenters. The predicted molar refractivity (Wildman–Crippen MR) is 116 cm³/mol. The first-order valence-electron chi connectivity index (χ1n) is 9.44. The van der Waals surface area contributed by atoms with Crippen molar-refractivity contribution in [1.82, 2.24) is 15.5 Å². The Kier molecular flexibility index (Phi) is 14.9. The molecule has 1 rings (SSSR count). The van der Waals surface area contributed by atoms with Crippen molar-refractivity contribution in [3.05, 3.63) is 0 Å². The summed E-state index contributed by atoms with van der Waals surface area (Å²) in [6.07, 6.45) is 4.96. The van der Waals surface area contributed by atoms with Crippen LogP contribution in [0.25, 0.3) is 0 Å². The van der Waals surface area contributed by atoms with Crippen LogP contribution in [0.3, 0.4) is 0 Å². The standard InChI is InChI=1S/C18H38N4O2.HI/c1-5-19-17(20-10-9-13-24-15-14-23-4)21-16-18(2,3)22-11-7-6-8-12-22;/h5-16H2,1-4H3,(H2,19,20,21);1H. The SMILES string of the molecule is CCNC(=NCC(C)(C)N1CCCCC1)NCCCOCCOC.I. The first-order chi connectivity index (χ1) is 11.6. The van der Waals surface area contributed by atoms with Gasteiger partial charge in [0.1, 0.15) is 0 Å². The second-order valence-electron chi connectivity index (χ2n) is 6.94. The zero-order valence-corrected chi connectivity index (χ0v) is 18.9. The lowest BCUT2D eigenvalue weighted by Crippen LogP contribution is -2.49. The van der Waals surface area contributed by atoms with Crippen molar-refractivity contribution in [2.75, 3.05) is 59.7 Å². The number of halogens is 1. The second-order valence-corrected chi connectivity index (χ2v) is 6.94. The van der Waals surface area contributed by atoms with Crippen LogP contribution in [0.2, 0.25) is 0 Å². The van der Waals surface area contributed by atoms with Crippen LogP contribution < -0.4 is 10.6 Å². The Balaban J connectivity index is 0.00000576. The molecule has 1 fully saturated rings. The summed E-state index contributed by atoms with van der Waals surface area (Å²) in [6.45, 7) is 13.7.